The van der Waals surface area contributed by atoms with E-state index in [0.29, 0.717) is 13.2 Å². The number of esters is 1. The molecule has 1 heterocycles. The molecule has 3 aromatic carbocycles. The van der Waals surface area contributed by atoms with E-state index in [4.69, 9.17) is 9.47 Å². The van der Waals surface area contributed by atoms with Crippen molar-refractivity contribution in [2.45, 2.75) is 11.5 Å². The summed E-state index contributed by atoms with van der Waals surface area (Å²) in [6.45, 7) is 0.946. The van der Waals surface area contributed by atoms with E-state index in [0.717, 1.165) is 34.5 Å². The molecule has 0 aromatic heterocycles. The molecule has 6 nitrogen and oxygen atoms in total. The van der Waals surface area contributed by atoms with Gasteiger partial charge in [0.05, 0.1) is 23.7 Å². The van der Waals surface area contributed by atoms with Gasteiger partial charge in [-0.1, -0.05) is 42.5 Å². The molecule has 1 aliphatic rings. The summed E-state index contributed by atoms with van der Waals surface area (Å²) in [7, 11) is -3.85. The lowest BCUT2D eigenvalue weighted by Crippen LogP contribution is -2.40. The molecular weight excluding hydrogens is 409 g/mol. The minimum Gasteiger partial charge on any atom is -0.457 e. The van der Waals surface area contributed by atoms with Crippen LogP contribution in [0.4, 0.5) is 4.39 Å². The Labute approximate surface area is 173 Å². The van der Waals surface area contributed by atoms with Crippen LogP contribution in [0.25, 0.3) is 10.8 Å². The topological polar surface area (TPSA) is 72.9 Å². The molecule has 0 spiro atoms. The Bertz CT molecular complexity index is 1180. The molecule has 0 amide bonds. The van der Waals surface area contributed by atoms with Gasteiger partial charge in [-0.2, -0.15) is 4.31 Å². The number of sulfonamides is 1. The van der Waals surface area contributed by atoms with Gasteiger partial charge in [0.1, 0.15) is 12.4 Å². The van der Waals surface area contributed by atoms with Gasteiger partial charge in [-0.15, -0.1) is 0 Å². The molecule has 30 heavy (non-hydrogen) atoms. The lowest BCUT2D eigenvalue weighted by Gasteiger charge is -2.26. The van der Waals surface area contributed by atoms with Crippen LogP contribution in [-0.4, -0.2) is 45.0 Å². The van der Waals surface area contributed by atoms with E-state index in [-0.39, 0.29) is 24.6 Å². The number of carbonyl (C=O) groups is 1. The van der Waals surface area contributed by atoms with Crippen LogP contribution >= 0.6 is 0 Å². The predicted octanol–water partition coefficient (Wildman–Crippen LogP) is 3.36. The standard InChI is InChI=1S/C22H20FNO5S/c23-21-9-8-18(30(26,27)24-10-12-28-13-11-24)14-20(21)22(25)29-15-17-6-3-5-16-4-1-2-7-19(16)17/h1-9,14H,10-13,15H2. The van der Waals surface area contributed by atoms with Crippen LogP contribution in [0.3, 0.4) is 0 Å². The first-order chi connectivity index (χ1) is 14.5. The molecule has 3 aromatic rings. The van der Waals surface area contributed by atoms with Crippen molar-refractivity contribution in [1.82, 2.24) is 4.31 Å². The molecule has 0 aliphatic carbocycles. The van der Waals surface area contributed by atoms with Crippen molar-refractivity contribution in [3.8, 4) is 0 Å². The van der Waals surface area contributed by atoms with Gasteiger partial charge in [0, 0.05) is 13.1 Å². The second-order valence-corrected chi connectivity index (χ2v) is 8.81. The van der Waals surface area contributed by atoms with Gasteiger partial charge < -0.3 is 9.47 Å². The molecule has 8 heteroatoms. The van der Waals surface area contributed by atoms with E-state index in [9.17, 15) is 17.6 Å². The Morgan fingerprint density at radius 1 is 1.03 bits per heavy atom. The van der Waals surface area contributed by atoms with Gasteiger partial charge in [-0.05, 0) is 34.5 Å². The van der Waals surface area contributed by atoms with Crippen molar-refractivity contribution < 1.29 is 27.1 Å². The Morgan fingerprint density at radius 2 is 1.77 bits per heavy atom. The molecule has 0 bridgehead atoms. The molecule has 1 saturated heterocycles. The van der Waals surface area contributed by atoms with E-state index >= 15 is 0 Å². The number of hydrogen-bond donors (Lipinski definition) is 0. The number of rotatable bonds is 5. The van der Waals surface area contributed by atoms with Crippen molar-refractivity contribution in [1.29, 1.82) is 0 Å². The van der Waals surface area contributed by atoms with Gasteiger partial charge in [-0.3, -0.25) is 0 Å². The number of nitrogens with zero attached hydrogens (tertiary/aromatic N) is 1. The maximum Gasteiger partial charge on any atom is 0.341 e. The summed E-state index contributed by atoms with van der Waals surface area (Å²) >= 11 is 0. The average Bonchev–Trinajstić information content (AvgIpc) is 2.78. The first-order valence-electron chi connectivity index (χ1n) is 9.48. The maximum atomic E-state index is 14.3. The summed E-state index contributed by atoms with van der Waals surface area (Å²) < 4.78 is 51.6. The van der Waals surface area contributed by atoms with Gasteiger partial charge >= 0.3 is 5.97 Å². The SMILES string of the molecule is O=C(OCc1cccc2ccccc12)c1cc(S(=O)(=O)N2CCOCC2)ccc1F. The highest BCUT2D eigenvalue weighted by molar-refractivity contribution is 7.89. The lowest BCUT2D eigenvalue weighted by atomic mass is 10.1. The minimum absolute atomic E-state index is 0.0555. The maximum absolute atomic E-state index is 14.3. The Hall–Kier alpha value is -2.81. The zero-order chi connectivity index (χ0) is 21.1. The molecule has 156 valence electrons. The number of hydrogen-bond acceptors (Lipinski definition) is 5. The fourth-order valence-corrected chi connectivity index (χ4v) is 4.83. The van der Waals surface area contributed by atoms with Crippen LogP contribution in [0.5, 0.6) is 0 Å². The molecule has 1 aliphatic heterocycles. The smallest absolute Gasteiger partial charge is 0.341 e. The Kier molecular flexibility index (Phi) is 5.80. The van der Waals surface area contributed by atoms with Crippen molar-refractivity contribution >= 4 is 26.8 Å². The third-order valence-electron chi connectivity index (χ3n) is 5.00. The van der Waals surface area contributed by atoms with E-state index in [2.05, 4.69) is 0 Å². The Balaban J connectivity index is 1.56. The number of morpholine rings is 1. The quantitative estimate of drug-likeness (QED) is 0.582. The van der Waals surface area contributed by atoms with Crippen LogP contribution in [-0.2, 0) is 26.1 Å². The second-order valence-electron chi connectivity index (χ2n) is 6.87. The molecule has 0 atom stereocenters. The van der Waals surface area contributed by atoms with E-state index in [1.807, 2.05) is 42.5 Å². The molecule has 0 radical (unpaired) electrons. The largest absolute Gasteiger partial charge is 0.457 e. The first kappa shape index (κ1) is 20.5. The third kappa shape index (κ3) is 4.07. The van der Waals surface area contributed by atoms with E-state index < -0.39 is 27.4 Å². The zero-order valence-electron chi connectivity index (χ0n) is 16.1. The fourth-order valence-electron chi connectivity index (χ4n) is 3.40. The summed E-state index contributed by atoms with van der Waals surface area (Å²) in [6, 6.07) is 16.4. The predicted molar refractivity (Wildman–Crippen MR) is 109 cm³/mol. The number of carbonyl (C=O) groups excluding carboxylic acids is 1. The number of halogens is 1. The molecular formula is C22H20FNO5S. The van der Waals surface area contributed by atoms with Gasteiger partial charge in [0.25, 0.3) is 0 Å². The fraction of sp³-hybridized carbons (Fsp3) is 0.227. The third-order valence-corrected chi connectivity index (χ3v) is 6.90. The number of benzene rings is 3. The minimum atomic E-state index is -3.85. The van der Waals surface area contributed by atoms with Crippen molar-refractivity contribution in [2.24, 2.45) is 0 Å². The molecule has 0 saturated carbocycles. The van der Waals surface area contributed by atoms with Crippen LogP contribution < -0.4 is 0 Å². The highest BCUT2D eigenvalue weighted by atomic mass is 32.2. The summed E-state index contributed by atoms with van der Waals surface area (Å²) in [5.41, 5.74) is 0.364. The lowest BCUT2D eigenvalue weighted by molar-refractivity contribution is 0.0468. The molecule has 0 N–H and O–H groups in total. The first-order valence-corrected chi connectivity index (χ1v) is 10.9. The van der Waals surface area contributed by atoms with Crippen molar-refractivity contribution in [2.75, 3.05) is 26.3 Å². The highest BCUT2D eigenvalue weighted by Crippen LogP contribution is 2.23. The Morgan fingerprint density at radius 3 is 2.57 bits per heavy atom. The normalized spacial score (nSPS) is 15.2. The molecule has 4 rings (SSSR count). The summed E-state index contributed by atoms with van der Waals surface area (Å²) in [4.78, 5) is 12.4. The molecule has 1 fully saturated rings. The second kappa shape index (κ2) is 8.51. The van der Waals surface area contributed by atoms with E-state index in [1.165, 1.54) is 4.31 Å². The monoisotopic (exact) mass is 429 g/mol. The summed E-state index contributed by atoms with van der Waals surface area (Å²) in [5, 5.41) is 1.92. The van der Waals surface area contributed by atoms with Gasteiger partial charge in [0.15, 0.2) is 0 Å². The van der Waals surface area contributed by atoms with Crippen molar-refractivity contribution in [3.05, 3.63) is 77.6 Å². The number of ether oxygens (including phenoxy) is 2. The average molecular weight is 429 g/mol. The molecule has 0 unspecified atom stereocenters. The number of fused-ring (bicyclic) bond motifs is 1. The highest BCUT2D eigenvalue weighted by Gasteiger charge is 2.28. The van der Waals surface area contributed by atoms with E-state index in [1.54, 1.807) is 0 Å². The van der Waals surface area contributed by atoms with Crippen LogP contribution in [0.2, 0.25) is 0 Å². The van der Waals surface area contributed by atoms with Crippen LogP contribution in [0, 0.1) is 5.82 Å². The zero-order valence-corrected chi connectivity index (χ0v) is 16.9. The summed E-state index contributed by atoms with van der Waals surface area (Å²) in [6.07, 6.45) is 0. The van der Waals surface area contributed by atoms with Crippen LogP contribution in [0.1, 0.15) is 15.9 Å². The van der Waals surface area contributed by atoms with Gasteiger partial charge in [-0.25, -0.2) is 17.6 Å². The van der Waals surface area contributed by atoms with Crippen molar-refractivity contribution in [3.63, 3.8) is 0 Å². The van der Waals surface area contributed by atoms with Gasteiger partial charge in [0.2, 0.25) is 10.0 Å². The summed E-state index contributed by atoms with van der Waals surface area (Å²) in [5.74, 6) is -1.75. The van der Waals surface area contributed by atoms with Crippen LogP contribution in [0.15, 0.2) is 65.6 Å².